The summed E-state index contributed by atoms with van der Waals surface area (Å²) in [5.41, 5.74) is -0.418. The van der Waals surface area contributed by atoms with Crippen molar-refractivity contribution in [3.63, 3.8) is 0 Å². The van der Waals surface area contributed by atoms with Gasteiger partial charge in [0.15, 0.2) is 0 Å². The zero-order chi connectivity index (χ0) is 16.7. The molecule has 2 heterocycles. The highest BCUT2D eigenvalue weighted by atomic mass is 16.5. The first kappa shape index (κ1) is 15.4. The number of pyridine rings is 1. The minimum atomic E-state index is -0.418. The van der Waals surface area contributed by atoms with E-state index >= 15 is 0 Å². The monoisotopic (exact) mass is 325 g/mol. The van der Waals surface area contributed by atoms with Gasteiger partial charge in [-0.2, -0.15) is 0 Å². The first-order valence-electron chi connectivity index (χ1n) is 8.53. The summed E-state index contributed by atoms with van der Waals surface area (Å²) in [4.78, 5) is 16.7. The number of fused-ring (bicyclic) bond motifs is 2. The molecule has 0 unspecified atom stereocenters. The Kier molecular flexibility index (Phi) is 3.68. The molecule has 3 atom stereocenters. The number of hydrogen-bond donors (Lipinski definition) is 2. The quantitative estimate of drug-likeness (QED) is 0.882. The van der Waals surface area contributed by atoms with Crippen LogP contribution in [-0.4, -0.2) is 36.1 Å². The van der Waals surface area contributed by atoms with Gasteiger partial charge < -0.3 is 15.4 Å². The largest absolute Gasteiger partial charge is 0.489 e. The third-order valence-electron chi connectivity index (χ3n) is 5.08. The highest BCUT2D eigenvalue weighted by Gasteiger charge is 2.57. The molecule has 126 valence electrons. The molecule has 5 heteroatoms. The van der Waals surface area contributed by atoms with Crippen LogP contribution in [0.25, 0.3) is 10.8 Å². The Morgan fingerprint density at radius 2 is 2.04 bits per heavy atom. The van der Waals surface area contributed by atoms with Crippen molar-refractivity contribution in [2.75, 3.05) is 19.7 Å². The maximum Gasteiger partial charge on any atom is 0.224 e. The second-order valence-corrected chi connectivity index (χ2v) is 7.53. The molecule has 0 radical (unpaired) electrons. The molecule has 1 aromatic heterocycles. The Balaban J connectivity index is 1.39. The molecule has 5 nitrogen and oxygen atoms in total. The number of rotatable bonds is 5. The van der Waals surface area contributed by atoms with Crippen molar-refractivity contribution < 1.29 is 9.53 Å². The SMILES string of the molecule is CC(C)(COc1cncc2ccccc12)NC(=O)[C@H]1[C@@H]2CNC[C@@H]21. The van der Waals surface area contributed by atoms with Gasteiger partial charge in [-0.3, -0.25) is 9.78 Å². The van der Waals surface area contributed by atoms with Crippen LogP contribution >= 0.6 is 0 Å². The minimum Gasteiger partial charge on any atom is -0.489 e. The predicted octanol–water partition coefficient (Wildman–Crippen LogP) is 1.97. The molecule has 2 N–H and O–H groups in total. The van der Waals surface area contributed by atoms with Gasteiger partial charge in [-0.05, 0) is 38.8 Å². The van der Waals surface area contributed by atoms with Crippen LogP contribution in [0.1, 0.15) is 13.8 Å². The van der Waals surface area contributed by atoms with Crippen molar-refractivity contribution >= 4 is 16.7 Å². The van der Waals surface area contributed by atoms with Gasteiger partial charge in [-0.1, -0.05) is 24.3 Å². The number of nitrogens with zero attached hydrogens (tertiary/aromatic N) is 1. The first-order valence-corrected chi connectivity index (χ1v) is 8.53. The van der Waals surface area contributed by atoms with E-state index in [4.69, 9.17) is 4.74 Å². The summed E-state index contributed by atoms with van der Waals surface area (Å²) in [5.74, 6) is 2.16. The third-order valence-corrected chi connectivity index (χ3v) is 5.08. The number of piperidine rings is 1. The average molecular weight is 325 g/mol. The zero-order valence-corrected chi connectivity index (χ0v) is 14.1. The van der Waals surface area contributed by atoms with Gasteiger partial charge >= 0.3 is 0 Å². The Morgan fingerprint density at radius 3 is 2.83 bits per heavy atom. The molecule has 1 aromatic carbocycles. The summed E-state index contributed by atoms with van der Waals surface area (Å²) in [6, 6.07) is 8.01. The fourth-order valence-corrected chi connectivity index (χ4v) is 3.72. The molecule has 1 saturated heterocycles. The Hall–Kier alpha value is -2.14. The Labute approximate surface area is 141 Å². The third kappa shape index (κ3) is 2.84. The maximum atomic E-state index is 12.5. The van der Waals surface area contributed by atoms with Crippen LogP contribution in [0.4, 0.5) is 0 Å². The van der Waals surface area contributed by atoms with Crippen LogP contribution in [0, 0.1) is 17.8 Å². The number of benzene rings is 1. The Morgan fingerprint density at radius 1 is 1.29 bits per heavy atom. The topological polar surface area (TPSA) is 63.2 Å². The highest BCUT2D eigenvalue weighted by molar-refractivity contribution is 5.87. The zero-order valence-electron chi connectivity index (χ0n) is 14.1. The van der Waals surface area contributed by atoms with Crippen molar-refractivity contribution in [3.05, 3.63) is 36.7 Å². The van der Waals surface area contributed by atoms with Gasteiger partial charge in [0, 0.05) is 22.9 Å². The van der Waals surface area contributed by atoms with E-state index in [1.807, 2.05) is 44.3 Å². The molecule has 2 aromatic rings. The fraction of sp³-hybridized carbons (Fsp3) is 0.474. The number of aromatic nitrogens is 1. The van der Waals surface area contributed by atoms with E-state index in [1.165, 1.54) is 0 Å². The van der Waals surface area contributed by atoms with E-state index < -0.39 is 5.54 Å². The van der Waals surface area contributed by atoms with Gasteiger partial charge in [0.25, 0.3) is 0 Å². The van der Waals surface area contributed by atoms with Gasteiger partial charge in [-0.15, -0.1) is 0 Å². The molecule has 2 aliphatic rings. The van der Waals surface area contributed by atoms with E-state index in [1.54, 1.807) is 6.20 Å². The highest BCUT2D eigenvalue weighted by Crippen LogP contribution is 2.48. The molecule has 1 saturated carbocycles. The molecule has 2 fully saturated rings. The second-order valence-electron chi connectivity index (χ2n) is 7.53. The predicted molar refractivity (Wildman–Crippen MR) is 92.8 cm³/mol. The van der Waals surface area contributed by atoms with Crippen LogP contribution in [0.2, 0.25) is 0 Å². The van der Waals surface area contributed by atoms with E-state index in [9.17, 15) is 4.79 Å². The van der Waals surface area contributed by atoms with Gasteiger partial charge in [0.2, 0.25) is 5.91 Å². The number of carbonyl (C=O) groups is 1. The molecule has 1 aliphatic carbocycles. The normalized spacial score (nSPS) is 25.3. The lowest BCUT2D eigenvalue weighted by Gasteiger charge is -2.27. The molecular formula is C19H23N3O2. The van der Waals surface area contributed by atoms with Crippen molar-refractivity contribution in [2.45, 2.75) is 19.4 Å². The van der Waals surface area contributed by atoms with E-state index in [0.717, 1.165) is 29.6 Å². The van der Waals surface area contributed by atoms with Crippen molar-refractivity contribution in [2.24, 2.45) is 17.8 Å². The fourth-order valence-electron chi connectivity index (χ4n) is 3.72. The number of hydrogen-bond acceptors (Lipinski definition) is 4. The molecule has 0 bridgehead atoms. The molecule has 4 rings (SSSR count). The van der Waals surface area contributed by atoms with Crippen LogP contribution < -0.4 is 15.4 Å². The molecular weight excluding hydrogens is 302 g/mol. The summed E-state index contributed by atoms with van der Waals surface area (Å²) in [6.07, 6.45) is 3.56. The lowest BCUT2D eigenvalue weighted by molar-refractivity contribution is -0.125. The second kappa shape index (κ2) is 5.74. The number of ether oxygens (including phenoxy) is 1. The molecule has 1 amide bonds. The summed E-state index contributed by atoms with van der Waals surface area (Å²) in [7, 11) is 0. The van der Waals surface area contributed by atoms with Gasteiger partial charge in [0.1, 0.15) is 12.4 Å². The van der Waals surface area contributed by atoms with Crippen molar-refractivity contribution in [1.29, 1.82) is 0 Å². The van der Waals surface area contributed by atoms with Gasteiger partial charge in [0.05, 0.1) is 11.7 Å². The van der Waals surface area contributed by atoms with Gasteiger partial charge in [-0.25, -0.2) is 0 Å². The maximum absolute atomic E-state index is 12.5. The molecule has 1 aliphatic heterocycles. The number of carbonyl (C=O) groups excluding carboxylic acids is 1. The number of amides is 1. The summed E-state index contributed by atoms with van der Waals surface area (Å²) >= 11 is 0. The summed E-state index contributed by atoms with van der Waals surface area (Å²) in [6.45, 7) is 6.36. The molecule has 0 spiro atoms. The van der Waals surface area contributed by atoms with Crippen LogP contribution in [0.3, 0.4) is 0 Å². The lowest BCUT2D eigenvalue weighted by atomic mass is 10.1. The minimum absolute atomic E-state index is 0.163. The smallest absolute Gasteiger partial charge is 0.224 e. The van der Waals surface area contributed by atoms with Crippen LogP contribution in [0.5, 0.6) is 5.75 Å². The first-order chi connectivity index (χ1) is 11.6. The lowest BCUT2D eigenvalue weighted by Crippen LogP contribution is -2.49. The van der Waals surface area contributed by atoms with Crippen molar-refractivity contribution in [1.82, 2.24) is 15.6 Å². The standard InChI is InChI=1S/C19H23N3O2/c1-19(2,22-18(23)17-14-8-21-9-15(14)17)11-24-16-10-20-7-12-5-3-4-6-13(12)16/h3-7,10,14-15,17,21H,8-9,11H2,1-2H3,(H,22,23)/t14-,15+,17+. The van der Waals surface area contributed by atoms with Crippen LogP contribution in [-0.2, 0) is 4.79 Å². The summed E-state index contributed by atoms with van der Waals surface area (Å²) < 4.78 is 5.99. The molecule has 24 heavy (non-hydrogen) atoms. The van der Waals surface area contributed by atoms with E-state index in [2.05, 4.69) is 15.6 Å². The Bertz CT molecular complexity index is 759. The van der Waals surface area contributed by atoms with E-state index in [0.29, 0.717) is 18.4 Å². The number of nitrogens with one attached hydrogen (secondary N) is 2. The van der Waals surface area contributed by atoms with Crippen molar-refractivity contribution in [3.8, 4) is 5.75 Å². The van der Waals surface area contributed by atoms with Crippen LogP contribution in [0.15, 0.2) is 36.7 Å². The summed E-state index contributed by atoms with van der Waals surface area (Å²) in [5, 5.41) is 8.56. The average Bonchev–Trinajstić information content (AvgIpc) is 3.06. The van der Waals surface area contributed by atoms with E-state index in [-0.39, 0.29) is 11.8 Å².